The van der Waals surface area contributed by atoms with Gasteiger partial charge < -0.3 is 4.42 Å². The number of pyridine rings is 1. The lowest BCUT2D eigenvalue weighted by molar-refractivity contribution is 0.670. The molecule has 3 aromatic heterocycles. The van der Waals surface area contributed by atoms with Crippen molar-refractivity contribution in [2.24, 2.45) is 0 Å². The van der Waals surface area contributed by atoms with E-state index < -0.39 is 38.8 Å². The van der Waals surface area contributed by atoms with Crippen molar-refractivity contribution < 1.29 is 20.9 Å². The molecule has 3 heterocycles. The molecule has 0 aliphatic rings. The van der Waals surface area contributed by atoms with Gasteiger partial charge in [-0.15, -0.1) is 0 Å². The zero-order valence-electron chi connectivity index (χ0n) is 25.8. The molecule has 0 N–H and O–H groups in total. The van der Waals surface area contributed by atoms with Crippen molar-refractivity contribution in [3.05, 3.63) is 65.1 Å². The molecule has 0 atom stereocenters. The van der Waals surface area contributed by atoms with Gasteiger partial charge in [0.2, 0.25) is 0 Å². The monoisotopic (exact) mass is 365 g/mol. The normalized spacial score (nSPS) is 20.1. The van der Waals surface area contributed by atoms with Crippen LogP contribution in [0.25, 0.3) is 44.2 Å². The van der Waals surface area contributed by atoms with Crippen molar-refractivity contribution in [1.82, 2.24) is 15.0 Å². The van der Waals surface area contributed by atoms with E-state index in [1.165, 1.54) is 12.1 Å². The van der Waals surface area contributed by atoms with Crippen molar-refractivity contribution in [2.75, 3.05) is 0 Å². The number of hydrogen-bond donors (Lipinski definition) is 0. The van der Waals surface area contributed by atoms with E-state index in [1.54, 1.807) is 24.3 Å². The zero-order chi connectivity index (χ0) is 28.7. The number of furan rings is 1. The molecule has 0 fully saturated rings. The van der Waals surface area contributed by atoms with Crippen LogP contribution in [0.4, 0.5) is 0 Å². The molecule has 132 valence electrons. The van der Waals surface area contributed by atoms with E-state index in [0.717, 1.165) is 6.20 Å². The van der Waals surface area contributed by atoms with Crippen LogP contribution in [0.3, 0.4) is 0 Å². The van der Waals surface area contributed by atoms with Gasteiger partial charge in [-0.1, -0.05) is 12.1 Å². The van der Waals surface area contributed by atoms with E-state index in [0.29, 0.717) is 21.9 Å². The van der Waals surface area contributed by atoms with Gasteiger partial charge in [0.15, 0.2) is 0 Å². The molecular weight excluding hydrogens is 334 g/mol. The molecule has 0 aliphatic carbocycles. The number of fused-ring (bicyclic) bond motifs is 5. The summed E-state index contributed by atoms with van der Waals surface area (Å²) in [5, 5.41) is 0.854. The summed E-state index contributed by atoms with van der Waals surface area (Å²) in [6.45, 7) is -11.1. The molecule has 0 amide bonds. The first-order chi connectivity index (χ1) is 17.9. The van der Waals surface area contributed by atoms with Crippen molar-refractivity contribution in [3.63, 3.8) is 0 Å². The molecule has 0 saturated heterocycles. The highest BCUT2D eigenvalue weighted by atomic mass is 16.3. The van der Waals surface area contributed by atoms with Gasteiger partial charge in [0, 0.05) is 33.6 Å². The molecule has 0 spiro atoms. The second-order valence-corrected chi connectivity index (χ2v) is 6.13. The molecular formula is C23H19N3O. The van der Waals surface area contributed by atoms with E-state index in [4.69, 9.17) is 20.9 Å². The standard InChI is InChI=1S/C23H19N3O/c1-12-10-19(24-11-13(12)2)16-6-5-7-17-21-20(27-23(16)17)9-8-18-22(21)26-15(4)14(3)25-18/h5-11H,1-4H3/i1D3,2D3,3D3,4D3. The molecule has 5 rings (SSSR count). The van der Waals surface area contributed by atoms with E-state index in [1.807, 2.05) is 0 Å². The van der Waals surface area contributed by atoms with Crippen LogP contribution in [0, 0.1) is 27.4 Å². The third-order valence-corrected chi connectivity index (χ3v) is 4.47. The van der Waals surface area contributed by atoms with E-state index in [2.05, 4.69) is 15.0 Å². The van der Waals surface area contributed by atoms with Gasteiger partial charge in [0.05, 0.1) is 28.0 Å². The first-order valence-corrected chi connectivity index (χ1v) is 8.06. The van der Waals surface area contributed by atoms with Crippen LogP contribution >= 0.6 is 0 Å². The Morgan fingerprint density at radius 2 is 1.81 bits per heavy atom. The molecule has 0 aliphatic heterocycles. The minimum atomic E-state index is -2.85. The smallest absolute Gasteiger partial charge is 0.144 e. The van der Waals surface area contributed by atoms with Crippen LogP contribution in [0.2, 0.25) is 0 Å². The van der Waals surface area contributed by atoms with Crippen molar-refractivity contribution in [2.45, 2.75) is 27.4 Å². The maximum Gasteiger partial charge on any atom is 0.144 e. The van der Waals surface area contributed by atoms with Gasteiger partial charge in [0.1, 0.15) is 16.7 Å². The fourth-order valence-corrected chi connectivity index (χ4v) is 3.21. The highest BCUT2D eigenvalue weighted by molar-refractivity contribution is 6.18. The summed E-state index contributed by atoms with van der Waals surface area (Å²) in [6.07, 6.45) is 1.02. The summed E-state index contributed by atoms with van der Waals surface area (Å²) in [4.78, 5) is 12.6. The maximum absolute atomic E-state index is 7.86. The second kappa shape index (κ2) is 5.61. The van der Waals surface area contributed by atoms with Gasteiger partial charge in [-0.05, 0) is 62.8 Å². The molecule has 0 bridgehead atoms. The predicted octanol–water partition coefficient (Wildman–Crippen LogP) is 5.82. The first kappa shape index (κ1) is 7.77. The van der Waals surface area contributed by atoms with Crippen molar-refractivity contribution >= 4 is 33.0 Å². The molecule has 4 heteroatoms. The SMILES string of the molecule is [2H]C([2H])([2H])c1cnc(-c2cccc3c2oc2ccc4nc(C([2H])([2H])[2H])c(C([2H])([2H])[2H])nc4c23)cc1C([2H])([2H])[2H]. The predicted molar refractivity (Wildman–Crippen MR) is 109 cm³/mol. The Balaban J connectivity index is 1.82. The molecule has 5 aromatic rings. The number of benzene rings is 2. The Morgan fingerprint density at radius 1 is 0.926 bits per heavy atom. The summed E-state index contributed by atoms with van der Waals surface area (Å²) in [7, 11) is 0. The Labute approximate surface area is 173 Å². The van der Waals surface area contributed by atoms with Crippen molar-refractivity contribution in [1.29, 1.82) is 0 Å². The lowest BCUT2D eigenvalue weighted by atomic mass is 10.0. The van der Waals surface area contributed by atoms with Crippen molar-refractivity contribution in [3.8, 4) is 11.3 Å². The number of nitrogens with zero attached hydrogens (tertiary/aromatic N) is 3. The van der Waals surface area contributed by atoms with Gasteiger partial charge in [-0.3, -0.25) is 4.98 Å². The highest BCUT2D eigenvalue weighted by Gasteiger charge is 2.17. The summed E-state index contributed by atoms with van der Waals surface area (Å²) in [5.74, 6) is 0. The van der Waals surface area contributed by atoms with E-state index in [-0.39, 0.29) is 33.4 Å². The van der Waals surface area contributed by atoms with Gasteiger partial charge >= 0.3 is 0 Å². The second-order valence-electron chi connectivity index (χ2n) is 6.13. The molecule has 27 heavy (non-hydrogen) atoms. The largest absolute Gasteiger partial charge is 0.455 e. The maximum atomic E-state index is 7.86. The number of aryl methyl sites for hydroxylation is 4. The summed E-state index contributed by atoms with van der Waals surface area (Å²) in [6, 6.07) is 9.17. The summed E-state index contributed by atoms with van der Waals surface area (Å²) in [5.41, 5.74) is -0.644. The van der Waals surface area contributed by atoms with Crippen LogP contribution in [-0.2, 0) is 0 Å². The number of aromatic nitrogens is 3. The molecule has 0 saturated carbocycles. The quantitative estimate of drug-likeness (QED) is 0.375. The molecule has 0 unspecified atom stereocenters. The minimum Gasteiger partial charge on any atom is -0.455 e. The third kappa shape index (κ3) is 2.33. The lowest BCUT2D eigenvalue weighted by Gasteiger charge is -2.05. The Bertz CT molecular complexity index is 1760. The molecule has 0 radical (unpaired) electrons. The van der Waals surface area contributed by atoms with Gasteiger partial charge in [-0.2, -0.15) is 0 Å². The minimum absolute atomic E-state index is 0.122. The van der Waals surface area contributed by atoms with Crippen LogP contribution in [-0.4, -0.2) is 15.0 Å². The van der Waals surface area contributed by atoms with Crippen LogP contribution < -0.4 is 0 Å². The Hall–Kier alpha value is -3.27. The average molecular weight is 365 g/mol. The van der Waals surface area contributed by atoms with Crippen LogP contribution in [0.5, 0.6) is 0 Å². The highest BCUT2D eigenvalue weighted by Crippen LogP contribution is 2.38. The van der Waals surface area contributed by atoms with Gasteiger partial charge in [-0.25, -0.2) is 9.97 Å². The molecule has 4 nitrogen and oxygen atoms in total. The first-order valence-electron chi connectivity index (χ1n) is 14.1. The topological polar surface area (TPSA) is 51.8 Å². The number of hydrogen-bond acceptors (Lipinski definition) is 4. The van der Waals surface area contributed by atoms with E-state index >= 15 is 0 Å². The Kier molecular flexibility index (Phi) is 1.61. The Morgan fingerprint density at radius 3 is 2.67 bits per heavy atom. The summed E-state index contributed by atoms with van der Waals surface area (Å²) < 4.78 is 99.5. The van der Waals surface area contributed by atoms with Crippen LogP contribution in [0.15, 0.2) is 47.0 Å². The summed E-state index contributed by atoms with van der Waals surface area (Å²) >= 11 is 0. The van der Waals surface area contributed by atoms with Gasteiger partial charge in [0.25, 0.3) is 0 Å². The zero-order valence-corrected chi connectivity index (χ0v) is 13.8. The third-order valence-electron chi connectivity index (χ3n) is 4.47. The number of rotatable bonds is 1. The number of para-hydroxylation sites is 1. The fraction of sp³-hybridized carbons (Fsp3) is 0.174. The van der Waals surface area contributed by atoms with E-state index in [9.17, 15) is 0 Å². The van der Waals surface area contributed by atoms with Crippen LogP contribution in [0.1, 0.15) is 39.0 Å². The lowest BCUT2D eigenvalue weighted by Crippen LogP contribution is -1.93. The molecule has 2 aromatic carbocycles. The average Bonchev–Trinajstić information content (AvgIpc) is 3.20. The fourth-order valence-electron chi connectivity index (χ4n) is 3.21.